The number of halogens is 4. The van der Waals surface area contributed by atoms with Crippen LogP contribution in [0.4, 0.5) is 18.9 Å². The first-order valence-electron chi connectivity index (χ1n) is 9.13. The predicted octanol–water partition coefficient (Wildman–Crippen LogP) is 6.10. The first-order chi connectivity index (χ1) is 14.7. The lowest BCUT2D eigenvalue weighted by atomic mass is 10.0. The molecule has 31 heavy (non-hydrogen) atoms. The lowest BCUT2D eigenvalue weighted by molar-refractivity contribution is -0.137. The molecular formula is C23H14ClF3N2O2. The maximum absolute atomic E-state index is 13.1. The van der Waals surface area contributed by atoms with Crippen LogP contribution < -0.4 is 5.32 Å². The number of rotatable bonds is 4. The summed E-state index contributed by atoms with van der Waals surface area (Å²) < 4.78 is 39.8. The topological polar surface area (TPSA) is 50.6 Å². The summed E-state index contributed by atoms with van der Waals surface area (Å²) in [5.41, 5.74) is 1.31. The Morgan fingerprint density at radius 1 is 0.903 bits per heavy atom. The highest BCUT2D eigenvalue weighted by atomic mass is 35.5. The van der Waals surface area contributed by atoms with Crippen molar-refractivity contribution in [3.05, 3.63) is 95.3 Å². The third kappa shape index (κ3) is 4.18. The minimum absolute atomic E-state index is 0.0836. The molecule has 0 aliphatic heterocycles. The lowest BCUT2D eigenvalue weighted by Crippen LogP contribution is -2.24. The van der Waals surface area contributed by atoms with Crippen LogP contribution in [0.2, 0.25) is 5.02 Å². The Morgan fingerprint density at radius 2 is 1.58 bits per heavy atom. The monoisotopic (exact) mass is 442 g/mol. The summed E-state index contributed by atoms with van der Waals surface area (Å²) in [4.78, 5) is 25.7. The number of hydrogen-bond donors (Lipinski definition) is 1. The van der Waals surface area contributed by atoms with Gasteiger partial charge >= 0.3 is 6.18 Å². The van der Waals surface area contributed by atoms with Gasteiger partial charge in [-0.05, 0) is 60.2 Å². The smallest absolute Gasteiger partial charge is 0.319 e. The average Bonchev–Trinajstić information content (AvgIpc) is 3.13. The van der Waals surface area contributed by atoms with Gasteiger partial charge in [0, 0.05) is 28.0 Å². The molecular weight excluding hydrogens is 429 g/mol. The largest absolute Gasteiger partial charge is 0.416 e. The first-order valence-corrected chi connectivity index (χ1v) is 9.51. The number of pyridine rings is 1. The van der Waals surface area contributed by atoms with E-state index in [1.165, 1.54) is 0 Å². The standard InChI is InChI=1S/C23H14ClF3N2O2/c24-16-8-4-14(5-9-16)19-13-18-3-1-2-12-29(18)20(19)21(30)22(31)28-17-10-6-15(7-11-17)23(25,26)27/h1-13H,(H,28,31). The third-order valence-electron chi connectivity index (χ3n) is 4.73. The average molecular weight is 443 g/mol. The molecule has 0 saturated carbocycles. The van der Waals surface area contributed by atoms with Gasteiger partial charge in [0.15, 0.2) is 0 Å². The van der Waals surface area contributed by atoms with E-state index in [9.17, 15) is 22.8 Å². The molecule has 0 radical (unpaired) electrons. The van der Waals surface area contributed by atoms with Gasteiger partial charge in [0.25, 0.3) is 11.7 Å². The lowest BCUT2D eigenvalue weighted by Gasteiger charge is -2.09. The van der Waals surface area contributed by atoms with Crippen LogP contribution in [-0.4, -0.2) is 16.1 Å². The highest BCUT2D eigenvalue weighted by Gasteiger charge is 2.30. The minimum atomic E-state index is -4.49. The second kappa shape index (κ2) is 7.92. The van der Waals surface area contributed by atoms with Crippen molar-refractivity contribution in [3.8, 4) is 11.1 Å². The maximum atomic E-state index is 13.1. The highest BCUT2D eigenvalue weighted by molar-refractivity contribution is 6.47. The van der Waals surface area contributed by atoms with Gasteiger partial charge in [0.05, 0.1) is 5.56 Å². The number of benzene rings is 2. The number of ketones is 1. The van der Waals surface area contributed by atoms with Crippen molar-refractivity contribution in [1.82, 2.24) is 4.40 Å². The van der Waals surface area contributed by atoms with Gasteiger partial charge in [-0.3, -0.25) is 9.59 Å². The number of hydrogen-bond acceptors (Lipinski definition) is 2. The van der Waals surface area contributed by atoms with Crippen molar-refractivity contribution < 1.29 is 22.8 Å². The number of anilines is 1. The first kappa shape index (κ1) is 20.7. The summed E-state index contributed by atoms with van der Waals surface area (Å²) >= 11 is 5.95. The van der Waals surface area contributed by atoms with Gasteiger partial charge < -0.3 is 9.72 Å². The van der Waals surface area contributed by atoms with Crippen LogP contribution in [-0.2, 0) is 11.0 Å². The normalized spacial score (nSPS) is 11.5. The summed E-state index contributed by atoms with van der Waals surface area (Å²) in [7, 11) is 0. The quantitative estimate of drug-likeness (QED) is 0.306. The second-order valence-corrected chi connectivity index (χ2v) is 7.20. The van der Waals surface area contributed by atoms with Gasteiger partial charge in [0.1, 0.15) is 5.69 Å². The summed E-state index contributed by atoms with van der Waals surface area (Å²) in [6, 6.07) is 17.8. The molecule has 1 amide bonds. The van der Waals surface area contributed by atoms with E-state index in [1.54, 1.807) is 59.1 Å². The summed E-state index contributed by atoms with van der Waals surface area (Å²) in [5, 5.41) is 2.90. The number of amides is 1. The van der Waals surface area contributed by atoms with E-state index in [0.29, 0.717) is 21.7 Å². The second-order valence-electron chi connectivity index (χ2n) is 6.77. The van der Waals surface area contributed by atoms with Gasteiger partial charge in [-0.25, -0.2) is 0 Å². The molecule has 0 spiro atoms. The van der Waals surface area contributed by atoms with Crippen LogP contribution in [0, 0.1) is 0 Å². The molecule has 0 bridgehead atoms. The van der Waals surface area contributed by atoms with E-state index in [-0.39, 0.29) is 11.4 Å². The number of carbonyl (C=O) groups is 2. The third-order valence-corrected chi connectivity index (χ3v) is 4.98. The minimum Gasteiger partial charge on any atom is -0.319 e. The molecule has 0 fully saturated rings. The summed E-state index contributed by atoms with van der Waals surface area (Å²) in [6.45, 7) is 0. The van der Waals surface area contributed by atoms with Crippen LogP contribution in [0.5, 0.6) is 0 Å². The van der Waals surface area contributed by atoms with Gasteiger partial charge in [-0.1, -0.05) is 29.8 Å². The Balaban J connectivity index is 1.69. The molecule has 156 valence electrons. The van der Waals surface area contributed by atoms with E-state index in [4.69, 9.17) is 11.6 Å². The van der Waals surface area contributed by atoms with E-state index >= 15 is 0 Å². The molecule has 1 N–H and O–H groups in total. The van der Waals surface area contributed by atoms with E-state index in [2.05, 4.69) is 5.32 Å². The molecule has 2 aromatic heterocycles. The number of Topliss-reactive ketones (excluding diaryl/α,β-unsaturated/α-hetero) is 1. The van der Waals surface area contributed by atoms with Crippen molar-refractivity contribution in [3.63, 3.8) is 0 Å². The Hall–Kier alpha value is -3.58. The van der Waals surface area contributed by atoms with Gasteiger partial charge in [-0.15, -0.1) is 0 Å². The number of aromatic nitrogens is 1. The van der Waals surface area contributed by atoms with Gasteiger partial charge in [-0.2, -0.15) is 13.2 Å². The predicted molar refractivity (Wildman–Crippen MR) is 112 cm³/mol. The Morgan fingerprint density at radius 3 is 2.23 bits per heavy atom. The van der Waals surface area contributed by atoms with Gasteiger partial charge in [0.2, 0.25) is 0 Å². The molecule has 2 aromatic carbocycles. The molecule has 0 saturated heterocycles. The Labute approximate surface area is 179 Å². The molecule has 2 heterocycles. The SMILES string of the molecule is O=C(Nc1ccc(C(F)(F)F)cc1)C(=O)c1c(-c2ccc(Cl)cc2)cc2ccccn12. The number of nitrogens with zero attached hydrogens (tertiary/aromatic N) is 1. The molecule has 0 atom stereocenters. The number of nitrogens with one attached hydrogen (secondary N) is 1. The molecule has 0 aliphatic rings. The fourth-order valence-electron chi connectivity index (χ4n) is 3.24. The van der Waals surface area contributed by atoms with Crippen LogP contribution in [0.1, 0.15) is 16.1 Å². The summed E-state index contributed by atoms with van der Waals surface area (Å²) in [6.07, 6.45) is -2.83. The Kier molecular flexibility index (Phi) is 5.29. The van der Waals surface area contributed by atoms with Crippen LogP contribution in [0.15, 0.2) is 79.0 Å². The zero-order valence-corrected chi connectivity index (χ0v) is 16.5. The number of alkyl halides is 3. The molecule has 8 heteroatoms. The molecule has 4 aromatic rings. The van der Waals surface area contributed by atoms with Crippen molar-refractivity contribution in [1.29, 1.82) is 0 Å². The Bertz CT molecular complexity index is 1280. The fourth-order valence-corrected chi connectivity index (χ4v) is 3.37. The maximum Gasteiger partial charge on any atom is 0.416 e. The van der Waals surface area contributed by atoms with E-state index < -0.39 is 23.4 Å². The molecule has 0 aliphatic carbocycles. The van der Waals surface area contributed by atoms with Crippen LogP contribution >= 0.6 is 11.6 Å². The molecule has 0 unspecified atom stereocenters. The van der Waals surface area contributed by atoms with Crippen molar-refractivity contribution in [2.75, 3.05) is 5.32 Å². The van der Waals surface area contributed by atoms with Crippen LogP contribution in [0.3, 0.4) is 0 Å². The van der Waals surface area contributed by atoms with E-state index in [1.807, 2.05) is 0 Å². The van der Waals surface area contributed by atoms with Crippen molar-refractivity contribution in [2.24, 2.45) is 0 Å². The number of fused-ring (bicyclic) bond motifs is 1. The van der Waals surface area contributed by atoms with Crippen molar-refractivity contribution >= 4 is 34.5 Å². The highest BCUT2D eigenvalue weighted by Crippen LogP contribution is 2.31. The molecule has 4 nitrogen and oxygen atoms in total. The zero-order chi connectivity index (χ0) is 22.2. The summed E-state index contributed by atoms with van der Waals surface area (Å²) in [5.74, 6) is -1.78. The number of carbonyl (C=O) groups excluding carboxylic acids is 2. The molecule has 4 rings (SSSR count). The van der Waals surface area contributed by atoms with Crippen molar-refractivity contribution in [2.45, 2.75) is 6.18 Å². The van der Waals surface area contributed by atoms with E-state index in [0.717, 1.165) is 24.3 Å². The zero-order valence-electron chi connectivity index (χ0n) is 15.8. The van der Waals surface area contributed by atoms with Crippen LogP contribution in [0.25, 0.3) is 16.6 Å². The fraction of sp³-hybridized carbons (Fsp3) is 0.0435.